The highest BCUT2D eigenvalue weighted by Gasteiger charge is 2.44. The number of pyridine rings is 1. The van der Waals surface area contributed by atoms with Gasteiger partial charge in [-0.2, -0.15) is 0 Å². The number of amides is 4. The molecular formula is C58H84N6O13S2. The standard InChI is InChI=1S/C58H84N6O13S2/c1-14-37(6)53(49(74-12)31-51(67)63-28-18-21-46(63)55(75-13)40(9)47(65)29-38(7)54(68)42-19-16-15-17-20-42)61(10)56(69)45(35(2)3)30-48(66)52(36(4)5)62(11)58(71)77-34-41-22-24-43(25-23-41)60-57(70)76-33-39(8)78-79-50-27-26-44(32-59-50)64(72)73/h15-17,19-20,22-27,32,35-40,45-46,49,52-55,68H,14,18,21,28-31,33-34H2,1-13H3,(H,60,70)/t37-,38-,39+,40-,45-,46-,49+,52-,53-,54+,55+/m0/s1. The average molecular weight is 1140 g/mol. The Morgan fingerprint density at radius 3 is 2.08 bits per heavy atom. The van der Waals surface area contributed by atoms with E-state index in [9.17, 15) is 44.0 Å². The Morgan fingerprint density at radius 1 is 0.835 bits per heavy atom. The van der Waals surface area contributed by atoms with E-state index in [1.54, 1.807) is 54.3 Å². The highest BCUT2D eigenvalue weighted by molar-refractivity contribution is 8.76. The Balaban J connectivity index is 1.34. The fourth-order valence-corrected chi connectivity index (χ4v) is 12.1. The van der Waals surface area contributed by atoms with Crippen molar-refractivity contribution in [2.24, 2.45) is 35.5 Å². The van der Waals surface area contributed by atoms with Crippen LogP contribution in [0.1, 0.15) is 118 Å². The molecule has 4 amide bonds. The van der Waals surface area contributed by atoms with Gasteiger partial charge in [-0.05, 0) is 83.6 Å². The van der Waals surface area contributed by atoms with Crippen molar-refractivity contribution in [3.05, 3.63) is 94.2 Å². The van der Waals surface area contributed by atoms with Crippen LogP contribution in [0.5, 0.6) is 0 Å². The van der Waals surface area contributed by atoms with Crippen LogP contribution in [-0.4, -0.2) is 142 Å². The number of methoxy groups -OCH3 is 2. The molecule has 0 bridgehead atoms. The number of nitrogens with one attached hydrogen (secondary N) is 1. The topological polar surface area (TPSA) is 237 Å². The number of aromatic nitrogens is 1. The van der Waals surface area contributed by atoms with Gasteiger partial charge >= 0.3 is 12.2 Å². The van der Waals surface area contributed by atoms with Crippen molar-refractivity contribution in [2.45, 2.75) is 154 Å². The zero-order valence-corrected chi connectivity index (χ0v) is 49.8. The van der Waals surface area contributed by atoms with Crippen molar-refractivity contribution < 1.29 is 57.7 Å². The summed E-state index contributed by atoms with van der Waals surface area (Å²) in [6.45, 7) is 17.4. The fourth-order valence-electron chi connectivity index (χ4n) is 10.3. The number of ether oxygens (including phenoxy) is 4. The average Bonchev–Trinajstić information content (AvgIpc) is 3.95. The van der Waals surface area contributed by atoms with Crippen molar-refractivity contribution >= 4 is 68.5 Å². The van der Waals surface area contributed by atoms with E-state index < -0.39 is 59.3 Å². The third-order valence-corrected chi connectivity index (χ3v) is 17.8. The van der Waals surface area contributed by atoms with Crippen molar-refractivity contribution in [1.82, 2.24) is 19.7 Å². The number of hydrogen-bond acceptors (Lipinski definition) is 16. The first-order chi connectivity index (χ1) is 37.4. The first-order valence-corrected chi connectivity index (χ1v) is 29.4. The molecule has 0 unspecified atom stereocenters. The zero-order chi connectivity index (χ0) is 58.7. The van der Waals surface area contributed by atoms with Crippen molar-refractivity contribution in [1.29, 1.82) is 0 Å². The Hall–Kier alpha value is -5.61. The first-order valence-electron chi connectivity index (χ1n) is 27.2. The smallest absolute Gasteiger partial charge is 0.411 e. The van der Waals surface area contributed by atoms with Gasteiger partial charge in [0.05, 0.1) is 47.8 Å². The predicted octanol–water partition coefficient (Wildman–Crippen LogP) is 10.4. The summed E-state index contributed by atoms with van der Waals surface area (Å²) in [6, 6.07) is 17.0. The second-order valence-electron chi connectivity index (χ2n) is 21.5. The van der Waals surface area contributed by atoms with E-state index in [4.69, 9.17) is 18.9 Å². The van der Waals surface area contributed by atoms with Gasteiger partial charge in [-0.25, -0.2) is 14.6 Å². The van der Waals surface area contributed by atoms with Gasteiger partial charge in [0, 0.05) is 76.5 Å². The number of benzene rings is 2. The summed E-state index contributed by atoms with van der Waals surface area (Å²) in [7, 11) is 9.00. The molecule has 1 saturated heterocycles. The van der Waals surface area contributed by atoms with Gasteiger partial charge in [0.15, 0.2) is 5.78 Å². The molecule has 2 N–H and O–H groups in total. The summed E-state index contributed by atoms with van der Waals surface area (Å²) in [6.07, 6.45) is -0.292. The molecule has 11 atom stereocenters. The second kappa shape index (κ2) is 32.0. The van der Waals surface area contributed by atoms with Gasteiger partial charge in [0.25, 0.3) is 5.69 Å². The molecule has 0 aliphatic carbocycles. The molecule has 1 aliphatic rings. The summed E-state index contributed by atoms with van der Waals surface area (Å²) in [5, 5.41) is 25.0. The molecule has 4 rings (SSSR count). The molecule has 2 heterocycles. The number of nitro groups is 1. The molecule has 1 aromatic heterocycles. The van der Waals surface area contributed by atoms with Crippen LogP contribution in [-0.2, 0) is 44.7 Å². The van der Waals surface area contributed by atoms with Crippen molar-refractivity contribution in [3.63, 3.8) is 0 Å². The van der Waals surface area contributed by atoms with Crippen molar-refractivity contribution in [3.8, 4) is 0 Å². The molecule has 0 saturated carbocycles. The fraction of sp³-hybridized carbons (Fsp3) is 0.603. The lowest BCUT2D eigenvalue weighted by Gasteiger charge is -2.41. The number of rotatable bonds is 31. The van der Waals surface area contributed by atoms with Gasteiger partial charge in [0.2, 0.25) is 11.8 Å². The Kier molecular flexibility index (Phi) is 26.7. The predicted molar refractivity (Wildman–Crippen MR) is 306 cm³/mol. The van der Waals surface area contributed by atoms with E-state index >= 15 is 0 Å². The minimum absolute atomic E-state index is 0.0314. The molecule has 19 nitrogen and oxygen atoms in total. The summed E-state index contributed by atoms with van der Waals surface area (Å²) >= 11 is 0. The van der Waals surface area contributed by atoms with E-state index in [1.165, 1.54) is 52.9 Å². The van der Waals surface area contributed by atoms with Crippen LogP contribution in [0.25, 0.3) is 0 Å². The zero-order valence-electron chi connectivity index (χ0n) is 48.2. The highest BCUT2D eigenvalue weighted by Crippen LogP contribution is 2.35. The van der Waals surface area contributed by atoms with Crippen LogP contribution in [0, 0.1) is 45.6 Å². The number of nitrogens with zero attached hydrogens (tertiary/aromatic N) is 5. The van der Waals surface area contributed by atoms with Crippen molar-refractivity contribution in [2.75, 3.05) is 46.8 Å². The quantitative estimate of drug-likeness (QED) is 0.0346. The molecule has 2 aromatic carbocycles. The molecule has 3 aromatic rings. The number of ketones is 2. The Morgan fingerprint density at radius 2 is 1.51 bits per heavy atom. The lowest BCUT2D eigenvalue weighted by atomic mass is 9.83. The Labute approximate surface area is 474 Å². The van der Waals surface area contributed by atoms with Crippen LogP contribution < -0.4 is 5.32 Å². The minimum Gasteiger partial charge on any atom is -0.448 e. The summed E-state index contributed by atoms with van der Waals surface area (Å²) in [4.78, 5) is 103. The van der Waals surface area contributed by atoms with Gasteiger partial charge < -0.3 is 38.8 Å². The normalized spacial score (nSPS) is 17.3. The maximum absolute atomic E-state index is 14.8. The lowest BCUT2D eigenvalue weighted by molar-refractivity contribution is -0.385. The maximum Gasteiger partial charge on any atom is 0.411 e. The van der Waals surface area contributed by atoms with E-state index in [-0.39, 0.29) is 96.5 Å². The van der Waals surface area contributed by atoms with Gasteiger partial charge in [-0.1, -0.05) is 115 Å². The molecule has 436 valence electrons. The van der Waals surface area contributed by atoms with E-state index in [1.807, 2.05) is 92.6 Å². The van der Waals surface area contributed by atoms with Crippen LogP contribution >= 0.6 is 21.6 Å². The molecule has 79 heavy (non-hydrogen) atoms. The molecular weight excluding hydrogens is 1050 g/mol. The number of carbonyl (C=O) groups excluding carboxylic acids is 6. The Bertz CT molecular complexity index is 2450. The largest absolute Gasteiger partial charge is 0.448 e. The summed E-state index contributed by atoms with van der Waals surface area (Å²) in [5.41, 5.74) is 1.72. The SMILES string of the molecule is CC[C@H](C)[C@@H]([C@@H](CC(=O)N1CCC[C@H]1[C@H](OC)[C@@H](C)C(=O)C[C@H](C)[C@@H](O)c1ccccc1)OC)N(C)C(=O)[C@@H](CC(=O)[C@H](C(C)C)N(C)C(=O)OCc1ccc(NC(=O)OC[C@@H](C)SSc2ccc([N+](=O)[O-])cn2)cc1)C(C)C. The maximum atomic E-state index is 14.8. The van der Waals surface area contributed by atoms with Crippen LogP contribution in [0.3, 0.4) is 0 Å². The first kappa shape index (κ1) is 65.9. The number of aliphatic hydroxyl groups is 1. The van der Waals surface area contributed by atoms with Gasteiger partial charge in [0.1, 0.15) is 30.2 Å². The number of aliphatic hydroxyl groups excluding tert-OH is 1. The van der Waals surface area contributed by atoms with Gasteiger partial charge in [-0.3, -0.25) is 34.6 Å². The molecule has 0 radical (unpaired) electrons. The summed E-state index contributed by atoms with van der Waals surface area (Å²) < 4.78 is 23.1. The van der Waals surface area contributed by atoms with E-state index in [0.717, 1.165) is 12.0 Å². The van der Waals surface area contributed by atoms with E-state index in [0.29, 0.717) is 35.7 Å². The number of likely N-dealkylation sites (N-methyl/N-ethyl adjacent to an activating group) is 2. The molecule has 0 spiro atoms. The number of anilines is 1. The number of Topliss-reactive ketones (excluding diaryl/α,β-unsaturated/α-hetero) is 2. The monoisotopic (exact) mass is 1140 g/mol. The van der Waals surface area contributed by atoms with Crippen LogP contribution in [0.2, 0.25) is 0 Å². The minimum atomic E-state index is -0.913. The molecule has 1 aliphatic heterocycles. The number of likely N-dealkylation sites (tertiary alicyclic amines) is 1. The number of carbonyl (C=O) groups is 6. The van der Waals surface area contributed by atoms with Crippen LogP contribution in [0.4, 0.5) is 21.0 Å². The molecule has 21 heteroatoms. The summed E-state index contributed by atoms with van der Waals surface area (Å²) in [5.74, 6) is -3.16. The second-order valence-corrected chi connectivity index (χ2v) is 24.1. The van der Waals surface area contributed by atoms with Gasteiger partial charge in [-0.15, -0.1) is 0 Å². The van der Waals surface area contributed by atoms with E-state index in [2.05, 4.69) is 10.3 Å². The molecule has 1 fully saturated rings. The number of hydrogen-bond donors (Lipinski definition) is 2. The third kappa shape index (κ3) is 19.0. The lowest BCUT2D eigenvalue weighted by Crippen LogP contribution is -2.54. The highest BCUT2D eigenvalue weighted by atomic mass is 33.1. The third-order valence-electron chi connectivity index (χ3n) is 15.0. The van der Waals surface area contributed by atoms with Crippen LogP contribution in [0.15, 0.2) is 78.0 Å².